The number of ether oxygens (including phenoxy) is 3. The molecule has 2 aromatic carbocycles. The molecule has 0 bridgehead atoms. The molecule has 39 heavy (non-hydrogen) atoms. The summed E-state index contributed by atoms with van der Waals surface area (Å²) in [6, 6.07) is 3.56. The van der Waals surface area contributed by atoms with Crippen LogP contribution < -0.4 is 10.5 Å². The summed E-state index contributed by atoms with van der Waals surface area (Å²) < 4.78 is 16.9. The molecule has 13 heteroatoms. The Hall–Kier alpha value is -3.59. The number of methoxy groups -OCH3 is 1. The second kappa shape index (κ2) is 9.55. The maximum Gasteiger partial charge on any atom is 0.373 e. The van der Waals surface area contributed by atoms with Gasteiger partial charge < -0.3 is 40.4 Å². The molecule has 0 spiro atoms. The molecule has 5 rings (SSSR count). The predicted octanol–water partition coefficient (Wildman–Crippen LogP) is 0.456. The number of benzene rings is 2. The van der Waals surface area contributed by atoms with E-state index >= 15 is 0 Å². The zero-order chi connectivity index (χ0) is 28.4. The van der Waals surface area contributed by atoms with E-state index in [-0.39, 0.29) is 34.4 Å². The summed E-state index contributed by atoms with van der Waals surface area (Å²) in [5, 5.41) is 53.0. The van der Waals surface area contributed by atoms with Gasteiger partial charge in [-0.25, -0.2) is 4.79 Å². The number of carbonyl (C=O) groups excluding carboxylic acids is 3. The largest absolute Gasteiger partial charge is 0.507 e. The van der Waals surface area contributed by atoms with Crippen molar-refractivity contribution in [3.63, 3.8) is 0 Å². The molecular formula is C26H27NO12. The van der Waals surface area contributed by atoms with Crippen LogP contribution in [-0.4, -0.2) is 80.5 Å². The van der Waals surface area contributed by atoms with Crippen molar-refractivity contribution < 1.29 is 59.2 Å². The number of hydrogen-bond donors (Lipinski definition) is 6. The van der Waals surface area contributed by atoms with Crippen LogP contribution in [-0.2, 0) is 25.6 Å². The molecule has 2 aliphatic carbocycles. The first kappa shape index (κ1) is 27.0. The Balaban J connectivity index is 1.69. The molecule has 1 heterocycles. The number of hydrogen-bond acceptors (Lipinski definition) is 13. The summed E-state index contributed by atoms with van der Waals surface area (Å²) in [5.41, 5.74) is 1.88. The molecular weight excluding hydrogens is 518 g/mol. The van der Waals surface area contributed by atoms with Crippen LogP contribution in [0, 0.1) is 0 Å². The number of fused-ring (bicyclic) bond motifs is 3. The van der Waals surface area contributed by atoms with E-state index in [0.29, 0.717) is 0 Å². The zero-order valence-corrected chi connectivity index (χ0v) is 20.9. The lowest BCUT2D eigenvalue weighted by molar-refractivity contribution is -0.264. The number of aliphatic hydroxyl groups is 2. The molecule has 0 saturated carbocycles. The molecule has 7 N–H and O–H groups in total. The van der Waals surface area contributed by atoms with Gasteiger partial charge in [0.05, 0.1) is 42.1 Å². The lowest BCUT2D eigenvalue weighted by atomic mass is 9.73. The normalized spacial score (nSPS) is 29.7. The van der Waals surface area contributed by atoms with Gasteiger partial charge in [0, 0.05) is 42.0 Å². The molecule has 13 nitrogen and oxygen atoms in total. The highest BCUT2D eigenvalue weighted by molar-refractivity contribution is 6.31. The van der Waals surface area contributed by atoms with Gasteiger partial charge in [0.2, 0.25) is 5.78 Å². The average Bonchev–Trinajstić information content (AvgIpc) is 2.90. The zero-order valence-electron chi connectivity index (χ0n) is 20.9. The SMILES string of the molecule is COc1cccc2c1C(=O)c1c(O)c3c(c(O)c1C2=O)C[C@@](O)(C(=O)OO)CC3O[C@H]1C[C@H](N)[C@H](O)[C@H](C)O1. The Morgan fingerprint density at radius 1 is 1.13 bits per heavy atom. The Bertz CT molecular complexity index is 1380. The van der Waals surface area contributed by atoms with Crippen molar-refractivity contribution in [1.29, 1.82) is 0 Å². The van der Waals surface area contributed by atoms with Gasteiger partial charge in [-0.3, -0.25) is 14.5 Å². The molecule has 1 unspecified atom stereocenters. The van der Waals surface area contributed by atoms with Crippen LogP contribution >= 0.6 is 0 Å². The molecule has 2 aromatic rings. The highest BCUT2D eigenvalue weighted by Gasteiger charge is 2.51. The number of rotatable bonds is 4. The van der Waals surface area contributed by atoms with Crippen LogP contribution in [0.3, 0.4) is 0 Å². The van der Waals surface area contributed by atoms with Gasteiger partial charge in [0.25, 0.3) is 0 Å². The number of ketones is 2. The van der Waals surface area contributed by atoms with Crippen LogP contribution in [0.1, 0.15) is 68.8 Å². The van der Waals surface area contributed by atoms with E-state index in [4.69, 9.17) is 25.2 Å². The monoisotopic (exact) mass is 545 g/mol. The minimum absolute atomic E-state index is 0.0140. The maximum absolute atomic E-state index is 13.6. The van der Waals surface area contributed by atoms with E-state index in [1.165, 1.54) is 25.3 Å². The Labute approximate surface area is 221 Å². The van der Waals surface area contributed by atoms with Crippen molar-refractivity contribution in [3.8, 4) is 17.2 Å². The molecule has 1 fully saturated rings. The molecule has 0 aromatic heterocycles. The molecule has 1 aliphatic heterocycles. The summed E-state index contributed by atoms with van der Waals surface area (Å²) in [6.07, 6.45) is -5.57. The second-order valence-corrected chi connectivity index (χ2v) is 9.96. The number of nitrogens with two attached hydrogens (primary N) is 1. The summed E-state index contributed by atoms with van der Waals surface area (Å²) in [7, 11) is 1.31. The smallest absolute Gasteiger partial charge is 0.373 e. The van der Waals surface area contributed by atoms with Gasteiger partial charge in [-0.2, -0.15) is 5.26 Å². The Kier molecular flexibility index (Phi) is 6.61. The summed E-state index contributed by atoms with van der Waals surface area (Å²) >= 11 is 0. The van der Waals surface area contributed by atoms with Gasteiger partial charge in [0.15, 0.2) is 17.7 Å². The van der Waals surface area contributed by atoms with E-state index < -0.39 is 89.2 Å². The van der Waals surface area contributed by atoms with Crippen molar-refractivity contribution >= 4 is 17.5 Å². The molecule has 208 valence electrons. The third-order valence-electron chi connectivity index (χ3n) is 7.61. The molecule has 1 saturated heterocycles. The summed E-state index contributed by atoms with van der Waals surface area (Å²) in [6.45, 7) is 1.56. The lowest BCUT2D eigenvalue weighted by Crippen LogP contribution is -2.52. The first-order valence-electron chi connectivity index (χ1n) is 12.1. The van der Waals surface area contributed by atoms with Gasteiger partial charge >= 0.3 is 5.97 Å². The van der Waals surface area contributed by atoms with Crippen LogP contribution in [0.15, 0.2) is 18.2 Å². The highest BCUT2D eigenvalue weighted by atomic mass is 17.1. The standard InChI is InChI=1S/C26H27NO12/c1-9-20(28)12(27)6-15(37-9)38-14-8-26(34,25(33)39-35)7-11-17(14)24(32)19-18(22(11)30)21(29)10-4-3-5-13(36-2)16(10)23(19)31/h3-5,9,12,14-15,20,28,30,32,34-35H,6-8,27H2,1-2H3/t9-,12-,14?,15-,20+,26-/m0/s1. The second-order valence-electron chi connectivity index (χ2n) is 9.96. The fourth-order valence-electron chi connectivity index (χ4n) is 5.63. The van der Waals surface area contributed by atoms with Gasteiger partial charge in [-0.15, -0.1) is 0 Å². The van der Waals surface area contributed by atoms with Crippen LogP contribution in [0.25, 0.3) is 0 Å². The third-order valence-corrected chi connectivity index (χ3v) is 7.61. The van der Waals surface area contributed by atoms with Crippen LogP contribution in [0.4, 0.5) is 0 Å². The fourth-order valence-corrected chi connectivity index (χ4v) is 5.63. The topological polar surface area (TPSA) is 215 Å². The van der Waals surface area contributed by atoms with Crippen molar-refractivity contribution in [2.75, 3.05) is 7.11 Å². The fraction of sp³-hybridized carbons (Fsp3) is 0.423. The van der Waals surface area contributed by atoms with Crippen LogP contribution in [0.5, 0.6) is 17.2 Å². The lowest BCUT2D eigenvalue weighted by Gasteiger charge is -2.41. The van der Waals surface area contributed by atoms with E-state index in [0.717, 1.165) is 0 Å². The minimum atomic E-state index is -2.46. The quantitative estimate of drug-likeness (QED) is 0.149. The first-order chi connectivity index (χ1) is 18.4. The van der Waals surface area contributed by atoms with Gasteiger partial charge in [0.1, 0.15) is 17.2 Å². The summed E-state index contributed by atoms with van der Waals surface area (Å²) in [5.74, 6) is -4.44. The van der Waals surface area contributed by atoms with E-state index in [1.807, 2.05) is 0 Å². The van der Waals surface area contributed by atoms with E-state index in [2.05, 4.69) is 4.89 Å². The number of carbonyl (C=O) groups is 3. The number of aromatic hydroxyl groups is 2. The van der Waals surface area contributed by atoms with Gasteiger partial charge in [-0.05, 0) is 13.0 Å². The number of aliphatic hydroxyl groups excluding tert-OH is 1. The molecule has 6 atom stereocenters. The van der Waals surface area contributed by atoms with E-state index in [1.54, 1.807) is 6.92 Å². The van der Waals surface area contributed by atoms with Crippen LogP contribution in [0.2, 0.25) is 0 Å². The Morgan fingerprint density at radius 3 is 2.46 bits per heavy atom. The predicted molar refractivity (Wildman–Crippen MR) is 128 cm³/mol. The molecule has 0 amide bonds. The Morgan fingerprint density at radius 2 is 1.82 bits per heavy atom. The van der Waals surface area contributed by atoms with E-state index in [9.17, 15) is 34.8 Å². The minimum Gasteiger partial charge on any atom is -0.507 e. The summed E-state index contributed by atoms with van der Waals surface area (Å²) in [4.78, 5) is 43.3. The van der Waals surface area contributed by atoms with Crippen molar-refractivity contribution in [2.24, 2.45) is 5.73 Å². The van der Waals surface area contributed by atoms with Crippen molar-refractivity contribution in [2.45, 2.75) is 62.4 Å². The maximum atomic E-state index is 13.6. The van der Waals surface area contributed by atoms with Crippen molar-refractivity contribution in [1.82, 2.24) is 0 Å². The molecule has 3 aliphatic rings. The highest BCUT2D eigenvalue weighted by Crippen LogP contribution is 2.52. The number of phenols is 2. The average molecular weight is 545 g/mol. The third kappa shape index (κ3) is 4.06. The van der Waals surface area contributed by atoms with Gasteiger partial charge in [-0.1, -0.05) is 12.1 Å². The van der Waals surface area contributed by atoms with Crippen molar-refractivity contribution in [3.05, 3.63) is 51.6 Å². The molecule has 0 radical (unpaired) electrons. The first-order valence-corrected chi connectivity index (χ1v) is 12.1. The number of phenolic OH excluding ortho intramolecular Hbond substituents is 2.